The summed E-state index contributed by atoms with van der Waals surface area (Å²) < 4.78 is 2.62. The van der Waals surface area contributed by atoms with E-state index >= 15 is 0 Å². The van der Waals surface area contributed by atoms with E-state index in [1.165, 1.54) is 49.6 Å². The van der Waals surface area contributed by atoms with Crippen LogP contribution in [0.5, 0.6) is 0 Å². The highest BCUT2D eigenvalue weighted by molar-refractivity contribution is 5.21. The predicted octanol–water partition coefficient (Wildman–Crippen LogP) is 1.75. The van der Waals surface area contributed by atoms with Gasteiger partial charge in [-0.1, -0.05) is 6.92 Å². The van der Waals surface area contributed by atoms with Crippen LogP contribution in [-0.2, 0) is 19.4 Å². The van der Waals surface area contributed by atoms with Crippen molar-refractivity contribution in [3.63, 3.8) is 0 Å². The minimum atomic E-state index is 0.687. The van der Waals surface area contributed by atoms with Crippen LogP contribution < -0.4 is 5.32 Å². The summed E-state index contributed by atoms with van der Waals surface area (Å²) in [5, 5.41) is 3.45. The number of aromatic nitrogens is 2. The first kappa shape index (κ1) is 13.1. The Morgan fingerprint density at radius 2 is 2.11 bits per heavy atom. The van der Waals surface area contributed by atoms with Gasteiger partial charge in [0.15, 0.2) is 0 Å². The zero-order valence-corrected chi connectivity index (χ0v) is 12.3. The molecule has 3 rings (SSSR count). The van der Waals surface area contributed by atoms with Gasteiger partial charge in [-0.15, -0.1) is 0 Å². The highest BCUT2D eigenvalue weighted by atomic mass is 15.2. The molecule has 0 saturated carbocycles. The summed E-state index contributed by atoms with van der Waals surface area (Å²) in [7, 11) is 2.23. The van der Waals surface area contributed by atoms with E-state index in [4.69, 9.17) is 4.98 Å². The van der Waals surface area contributed by atoms with Gasteiger partial charge in [-0.05, 0) is 39.4 Å². The molecule has 1 aromatic rings. The van der Waals surface area contributed by atoms with Gasteiger partial charge in [0.2, 0.25) is 0 Å². The maximum absolute atomic E-state index is 4.92. The monoisotopic (exact) mass is 262 g/mol. The number of likely N-dealkylation sites (tertiary alicyclic amines) is 1. The number of nitrogens with one attached hydrogen (secondary N) is 1. The van der Waals surface area contributed by atoms with Crippen LogP contribution in [0.3, 0.4) is 0 Å². The van der Waals surface area contributed by atoms with Crippen molar-refractivity contribution in [3.05, 3.63) is 17.2 Å². The van der Waals surface area contributed by atoms with E-state index in [2.05, 4.69) is 28.8 Å². The van der Waals surface area contributed by atoms with Crippen molar-refractivity contribution in [2.45, 2.75) is 51.6 Å². The lowest BCUT2D eigenvalue weighted by atomic mass is 10.0. The fraction of sp³-hybridized carbons (Fsp3) is 0.800. The lowest BCUT2D eigenvalue weighted by Crippen LogP contribution is -2.33. The Balaban J connectivity index is 1.91. The number of piperidine rings is 1. The van der Waals surface area contributed by atoms with Crippen molar-refractivity contribution >= 4 is 0 Å². The van der Waals surface area contributed by atoms with Crippen molar-refractivity contribution in [2.75, 3.05) is 26.7 Å². The van der Waals surface area contributed by atoms with E-state index in [1.807, 2.05) is 0 Å². The maximum Gasteiger partial charge on any atom is 0.109 e. The van der Waals surface area contributed by atoms with E-state index in [0.717, 1.165) is 25.9 Å². The molecule has 0 atom stereocenters. The van der Waals surface area contributed by atoms with E-state index in [9.17, 15) is 0 Å². The van der Waals surface area contributed by atoms with Gasteiger partial charge in [0.1, 0.15) is 5.82 Å². The molecule has 0 radical (unpaired) electrons. The second-order valence-electron chi connectivity index (χ2n) is 6.00. The number of nitrogens with zero attached hydrogens (tertiary/aromatic N) is 3. The Labute approximate surface area is 116 Å². The summed E-state index contributed by atoms with van der Waals surface area (Å²) >= 11 is 0. The molecule has 0 aromatic carbocycles. The van der Waals surface area contributed by atoms with Crippen molar-refractivity contribution in [3.8, 4) is 0 Å². The zero-order chi connectivity index (χ0) is 13.2. The number of imidazole rings is 1. The third kappa shape index (κ3) is 2.56. The van der Waals surface area contributed by atoms with E-state index in [-0.39, 0.29) is 0 Å². The normalized spacial score (nSPS) is 21.6. The SMILES string of the molecule is CCCc1nc2c(n1C1CCN(C)CC1)CCNC2. The molecule has 0 spiro atoms. The van der Waals surface area contributed by atoms with E-state index in [0.29, 0.717) is 6.04 Å². The average molecular weight is 262 g/mol. The Hall–Kier alpha value is -0.870. The van der Waals surface area contributed by atoms with Gasteiger partial charge in [0.05, 0.1) is 5.69 Å². The topological polar surface area (TPSA) is 33.1 Å². The molecule has 1 fully saturated rings. The largest absolute Gasteiger partial charge is 0.329 e. The molecule has 2 aliphatic rings. The van der Waals surface area contributed by atoms with Crippen LogP contribution in [0.4, 0.5) is 0 Å². The van der Waals surface area contributed by atoms with Gasteiger partial charge >= 0.3 is 0 Å². The zero-order valence-electron chi connectivity index (χ0n) is 12.3. The molecule has 1 saturated heterocycles. The van der Waals surface area contributed by atoms with Gasteiger partial charge in [0, 0.05) is 37.7 Å². The first-order valence-corrected chi connectivity index (χ1v) is 7.77. The number of fused-ring (bicyclic) bond motifs is 1. The highest BCUT2D eigenvalue weighted by Crippen LogP contribution is 2.28. The van der Waals surface area contributed by atoms with Crippen LogP contribution in [0.1, 0.15) is 49.4 Å². The third-order valence-corrected chi connectivity index (χ3v) is 4.52. The van der Waals surface area contributed by atoms with Gasteiger partial charge in [0.25, 0.3) is 0 Å². The van der Waals surface area contributed by atoms with Crippen molar-refractivity contribution < 1.29 is 0 Å². The van der Waals surface area contributed by atoms with Crippen molar-refractivity contribution in [1.29, 1.82) is 0 Å². The van der Waals surface area contributed by atoms with Crippen LogP contribution in [0.25, 0.3) is 0 Å². The number of hydrogen-bond donors (Lipinski definition) is 1. The van der Waals surface area contributed by atoms with Crippen LogP contribution >= 0.6 is 0 Å². The molecule has 19 heavy (non-hydrogen) atoms. The van der Waals surface area contributed by atoms with Gasteiger partial charge in [-0.25, -0.2) is 4.98 Å². The Morgan fingerprint density at radius 1 is 1.32 bits per heavy atom. The fourth-order valence-electron chi connectivity index (χ4n) is 3.47. The molecule has 106 valence electrons. The van der Waals surface area contributed by atoms with Crippen molar-refractivity contribution in [1.82, 2.24) is 19.8 Å². The lowest BCUT2D eigenvalue weighted by molar-refractivity contribution is 0.216. The minimum Gasteiger partial charge on any atom is -0.329 e. The molecular weight excluding hydrogens is 236 g/mol. The summed E-state index contributed by atoms with van der Waals surface area (Å²) in [6.07, 6.45) is 6.03. The fourth-order valence-corrected chi connectivity index (χ4v) is 3.47. The first-order chi connectivity index (χ1) is 9.29. The molecule has 2 aliphatic heterocycles. The quantitative estimate of drug-likeness (QED) is 0.901. The molecule has 1 N–H and O–H groups in total. The van der Waals surface area contributed by atoms with Crippen LogP contribution in [-0.4, -0.2) is 41.1 Å². The Kier molecular flexibility index (Phi) is 3.89. The predicted molar refractivity (Wildman–Crippen MR) is 77.4 cm³/mol. The molecular formula is C15H26N4. The standard InChI is InChI=1S/C15H26N4/c1-3-4-15-17-13-11-16-8-5-14(13)19(15)12-6-9-18(2)10-7-12/h12,16H,3-11H2,1-2H3. The van der Waals surface area contributed by atoms with Gasteiger partial charge < -0.3 is 14.8 Å². The number of hydrogen-bond acceptors (Lipinski definition) is 3. The molecule has 4 heteroatoms. The number of rotatable bonds is 3. The second kappa shape index (κ2) is 5.63. The van der Waals surface area contributed by atoms with Crippen molar-refractivity contribution in [2.24, 2.45) is 0 Å². The minimum absolute atomic E-state index is 0.687. The van der Waals surface area contributed by atoms with Crippen LogP contribution in [0.15, 0.2) is 0 Å². The highest BCUT2D eigenvalue weighted by Gasteiger charge is 2.26. The molecule has 0 amide bonds. The maximum atomic E-state index is 4.92. The molecule has 0 unspecified atom stereocenters. The average Bonchev–Trinajstić information content (AvgIpc) is 2.78. The third-order valence-electron chi connectivity index (χ3n) is 4.52. The van der Waals surface area contributed by atoms with Crippen LogP contribution in [0, 0.1) is 0 Å². The van der Waals surface area contributed by atoms with Gasteiger partial charge in [-0.2, -0.15) is 0 Å². The second-order valence-corrected chi connectivity index (χ2v) is 6.00. The molecule has 3 heterocycles. The van der Waals surface area contributed by atoms with Crippen LogP contribution in [0.2, 0.25) is 0 Å². The number of aryl methyl sites for hydroxylation is 1. The summed E-state index contributed by atoms with van der Waals surface area (Å²) in [4.78, 5) is 7.37. The van der Waals surface area contributed by atoms with Gasteiger partial charge in [-0.3, -0.25) is 0 Å². The van der Waals surface area contributed by atoms with E-state index < -0.39 is 0 Å². The summed E-state index contributed by atoms with van der Waals surface area (Å²) in [5.74, 6) is 1.34. The summed E-state index contributed by atoms with van der Waals surface area (Å²) in [6.45, 7) is 6.77. The summed E-state index contributed by atoms with van der Waals surface area (Å²) in [6, 6.07) is 0.687. The Bertz CT molecular complexity index is 430. The molecule has 0 bridgehead atoms. The Morgan fingerprint density at radius 3 is 2.84 bits per heavy atom. The molecule has 1 aromatic heterocycles. The smallest absolute Gasteiger partial charge is 0.109 e. The summed E-state index contributed by atoms with van der Waals surface area (Å²) in [5.41, 5.74) is 2.84. The lowest BCUT2D eigenvalue weighted by Gasteiger charge is -2.32. The first-order valence-electron chi connectivity index (χ1n) is 7.77. The molecule has 4 nitrogen and oxygen atoms in total. The van der Waals surface area contributed by atoms with E-state index in [1.54, 1.807) is 0 Å². The molecule has 0 aliphatic carbocycles.